The molecule has 1 amide bonds. The van der Waals surface area contributed by atoms with E-state index in [0.29, 0.717) is 130 Å². The van der Waals surface area contributed by atoms with E-state index in [4.69, 9.17) is 53.1 Å². The second-order valence-corrected chi connectivity index (χ2v) is 20.6. The van der Waals surface area contributed by atoms with Crippen molar-refractivity contribution in [2.24, 2.45) is 10.7 Å². The molecule has 0 spiro atoms. The number of hydrogen-bond donors (Lipinski definition) is 1. The van der Waals surface area contributed by atoms with E-state index < -0.39 is 53.1 Å². The summed E-state index contributed by atoms with van der Waals surface area (Å²) in [7, 11) is 5.47. The Kier molecular flexibility index (Phi) is 35.3. The molecule has 1 aliphatic rings. The van der Waals surface area contributed by atoms with Gasteiger partial charge in [0.05, 0.1) is 167 Å². The fraction of sp³-hybridized carbons (Fsp3) is 0.649. The number of likely N-dealkylation sites (N-methyl/N-ethyl adjacent to an activating group) is 1. The number of fused-ring (bicyclic) bond motifs is 1. The van der Waals surface area contributed by atoms with Crippen LogP contribution in [0.1, 0.15) is 72.0 Å². The Morgan fingerprint density at radius 3 is 1.62 bits per heavy atom. The first kappa shape index (κ1) is 71.7. The molecule has 0 saturated heterocycles. The van der Waals surface area contributed by atoms with Crippen molar-refractivity contribution in [3.63, 3.8) is 0 Å². The molecule has 2 aromatic heterocycles. The van der Waals surface area contributed by atoms with Crippen LogP contribution in [-0.4, -0.2) is 210 Å². The molecule has 1 aromatic carbocycles. The van der Waals surface area contributed by atoms with Crippen molar-refractivity contribution in [3.8, 4) is 5.75 Å². The summed E-state index contributed by atoms with van der Waals surface area (Å²) in [5.74, 6) is -9.53. The number of nitrogens with zero attached hydrogens (tertiary/aromatic N) is 5. The second kappa shape index (κ2) is 41.4. The van der Waals surface area contributed by atoms with Crippen molar-refractivity contribution in [2.75, 3.05) is 173 Å². The zero-order valence-corrected chi connectivity index (χ0v) is 49.5. The van der Waals surface area contributed by atoms with E-state index in [0.717, 1.165) is 60.3 Å². The van der Waals surface area contributed by atoms with Crippen LogP contribution < -0.4 is 10.5 Å². The van der Waals surface area contributed by atoms with Gasteiger partial charge in [0.1, 0.15) is 5.84 Å². The number of carbonyl (C=O) groups is 2. The van der Waals surface area contributed by atoms with Crippen LogP contribution in [0.2, 0.25) is 0 Å². The highest BCUT2D eigenvalue weighted by molar-refractivity contribution is 7.13. The van der Waals surface area contributed by atoms with Gasteiger partial charge in [0.25, 0.3) is 5.91 Å². The molecule has 27 heteroatoms. The maximum atomic E-state index is 14.0. The lowest BCUT2D eigenvalue weighted by atomic mass is 10.1. The van der Waals surface area contributed by atoms with E-state index in [1.807, 2.05) is 19.1 Å². The predicted molar refractivity (Wildman–Crippen MR) is 300 cm³/mol. The minimum atomic E-state index is -4.56. The van der Waals surface area contributed by atoms with Gasteiger partial charge in [0.15, 0.2) is 11.6 Å². The number of aromatic nitrogens is 1. The maximum absolute atomic E-state index is 14.0. The highest BCUT2D eigenvalue weighted by Crippen LogP contribution is 2.37. The van der Waals surface area contributed by atoms with Crippen LogP contribution in [0.15, 0.2) is 35.0 Å². The van der Waals surface area contributed by atoms with E-state index in [1.54, 1.807) is 30.3 Å². The molecule has 2 N–H and O–H groups in total. The molecule has 84 heavy (non-hydrogen) atoms. The molecule has 19 nitrogen and oxygen atoms in total. The Bertz CT molecular complexity index is 2420. The van der Waals surface area contributed by atoms with Crippen molar-refractivity contribution >= 4 is 40.8 Å². The molecule has 0 radical (unpaired) electrons. The van der Waals surface area contributed by atoms with E-state index in [2.05, 4.69) is 26.7 Å². The summed E-state index contributed by atoms with van der Waals surface area (Å²) < 4.78 is 155. The number of hydrogen-bond acceptors (Lipinski definition) is 19. The van der Waals surface area contributed by atoms with Gasteiger partial charge in [-0.05, 0) is 77.1 Å². The summed E-state index contributed by atoms with van der Waals surface area (Å²) in [6.45, 7) is 11.4. The number of ether oxygens (including phenoxy) is 11. The molecule has 0 unspecified atom stereocenters. The van der Waals surface area contributed by atoms with Crippen LogP contribution in [-0.2, 0) is 82.6 Å². The fourth-order valence-corrected chi connectivity index (χ4v) is 9.10. The topological polar surface area (TPSA) is 197 Å². The van der Waals surface area contributed by atoms with Crippen molar-refractivity contribution in [3.05, 3.63) is 79.8 Å². The van der Waals surface area contributed by atoms with Crippen LogP contribution in [0.25, 0.3) is 6.08 Å². The zero-order valence-electron chi connectivity index (χ0n) is 48.7. The number of alkyl halides is 3. The first-order valence-corrected chi connectivity index (χ1v) is 28.9. The van der Waals surface area contributed by atoms with Gasteiger partial charge < -0.3 is 72.5 Å². The number of aryl methyl sites for hydroxylation is 1. The van der Waals surface area contributed by atoms with Crippen LogP contribution in [0.4, 0.5) is 36.4 Å². The normalized spacial score (nSPS) is 12.7. The number of pyridine rings is 1. The van der Waals surface area contributed by atoms with Crippen LogP contribution in [0, 0.1) is 23.3 Å². The SMILES string of the molecule is CCCN(Cc1cc(C(F)(F)F)c(CN(C)C)cn1)C(=O)C1=Cc2sc(CCCCCN(C)CCOCCOCCOCCOCCOCCOCCOCCOCCOCCOCCC(=O)Oc3c(F)c(F)cc(F)c3F)cc2N=C(N)C1. The van der Waals surface area contributed by atoms with Gasteiger partial charge in [-0.15, -0.1) is 11.3 Å². The number of amides is 1. The number of unbranched alkanes of at least 4 members (excludes halogenated alkanes) is 2. The smallest absolute Gasteiger partial charge is 0.416 e. The second-order valence-electron chi connectivity index (χ2n) is 19.5. The molecular formula is C57H83F7N6O13S. The monoisotopic (exact) mass is 1220 g/mol. The first-order valence-electron chi connectivity index (χ1n) is 28.1. The Morgan fingerprint density at radius 2 is 1.13 bits per heavy atom. The molecule has 0 bridgehead atoms. The Labute approximate surface area is 491 Å². The first-order chi connectivity index (χ1) is 40.5. The highest BCUT2D eigenvalue weighted by Gasteiger charge is 2.34. The van der Waals surface area contributed by atoms with Crippen LogP contribution in [0.3, 0.4) is 0 Å². The molecule has 474 valence electrons. The Hall–Kier alpha value is -4.75. The Balaban J connectivity index is 0.880. The van der Waals surface area contributed by atoms with Gasteiger partial charge in [0.2, 0.25) is 17.4 Å². The van der Waals surface area contributed by atoms with Crippen molar-refractivity contribution in [1.82, 2.24) is 19.7 Å². The number of amidine groups is 1. The number of rotatable bonds is 47. The van der Waals surface area contributed by atoms with Crippen LogP contribution in [0.5, 0.6) is 5.75 Å². The number of nitrogens with two attached hydrogens (primary N) is 1. The molecule has 0 atom stereocenters. The summed E-state index contributed by atoms with van der Waals surface area (Å²) >= 11 is 1.58. The summed E-state index contributed by atoms with van der Waals surface area (Å²) in [4.78, 5) is 42.0. The number of thiophene rings is 1. The van der Waals surface area contributed by atoms with E-state index in [1.165, 1.54) is 11.1 Å². The van der Waals surface area contributed by atoms with Gasteiger partial charge in [-0.2, -0.15) is 22.0 Å². The number of esters is 1. The third kappa shape index (κ3) is 29.1. The average molecular weight is 1230 g/mol. The minimum absolute atomic E-state index is 0.0141. The standard InChI is InChI=1S/C57H83F7N6O13S/c1-5-11-70(41-44-36-46(57(62,63)64)43(39-66-44)40-68(2)3)56(72)42-34-50-49(67-51(65)35-42)37-45(84-50)9-7-6-8-12-69(4)13-15-74-17-19-76-21-23-78-25-27-80-29-31-82-33-32-81-30-28-79-26-24-77-22-20-75-18-16-73-14-10-52(71)83-55-53(60)47(58)38-48(59)54(55)61/h34,36-39H,5-33,35,40-41H2,1-4H3,(H2,65,67). The Morgan fingerprint density at radius 1 is 0.631 bits per heavy atom. The van der Waals surface area contributed by atoms with Gasteiger partial charge in [0, 0.05) is 48.8 Å². The number of halogens is 7. The van der Waals surface area contributed by atoms with Gasteiger partial charge in [-0.25, -0.2) is 13.8 Å². The largest absolute Gasteiger partial charge is 0.420 e. The van der Waals surface area contributed by atoms with Crippen LogP contribution >= 0.6 is 11.3 Å². The molecule has 1 aliphatic heterocycles. The van der Waals surface area contributed by atoms with Crippen molar-refractivity contribution < 1.29 is 92.4 Å². The minimum Gasteiger partial charge on any atom is -0.420 e. The van der Waals surface area contributed by atoms with Crippen molar-refractivity contribution in [2.45, 2.75) is 71.1 Å². The predicted octanol–water partition coefficient (Wildman–Crippen LogP) is 7.80. The third-order valence-corrected chi connectivity index (χ3v) is 13.3. The summed E-state index contributed by atoms with van der Waals surface area (Å²) in [5.41, 5.74) is 6.95. The molecular weight excluding hydrogens is 1140 g/mol. The highest BCUT2D eigenvalue weighted by atomic mass is 32.1. The average Bonchev–Trinajstić information content (AvgIpc) is 2.91. The summed E-state index contributed by atoms with van der Waals surface area (Å²) in [6.07, 6.45) is 2.78. The summed E-state index contributed by atoms with van der Waals surface area (Å²) in [5, 5.41) is 0. The van der Waals surface area contributed by atoms with Crippen molar-refractivity contribution in [1.29, 1.82) is 0 Å². The molecule has 4 rings (SSSR count). The molecule has 3 aromatic rings. The lowest BCUT2D eigenvalue weighted by molar-refractivity contribution is -0.138. The zero-order chi connectivity index (χ0) is 61.0. The van der Waals surface area contributed by atoms with E-state index in [-0.39, 0.29) is 69.2 Å². The maximum Gasteiger partial charge on any atom is 0.416 e. The van der Waals surface area contributed by atoms with Gasteiger partial charge in [-0.1, -0.05) is 13.3 Å². The molecule has 0 saturated carbocycles. The van der Waals surface area contributed by atoms with E-state index >= 15 is 0 Å². The number of benzene rings is 1. The number of aliphatic imine (C=N–C) groups is 1. The van der Waals surface area contributed by atoms with Gasteiger partial charge in [-0.3, -0.25) is 14.6 Å². The fourth-order valence-electron chi connectivity index (χ4n) is 7.99. The lowest BCUT2D eigenvalue weighted by Gasteiger charge is -2.24. The van der Waals surface area contributed by atoms with Gasteiger partial charge >= 0.3 is 12.1 Å². The number of carbonyl (C=O) groups excluding carboxylic acids is 2. The third-order valence-electron chi connectivity index (χ3n) is 12.1. The molecule has 0 aliphatic carbocycles. The molecule has 3 heterocycles. The quantitative estimate of drug-likeness (QED) is 0.0189. The lowest BCUT2D eigenvalue weighted by Crippen LogP contribution is -2.34. The van der Waals surface area contributed by atoms with E-state index in [9.17, 15) is 40.3 Å². The summed E-state index contributed by atoms with van der Waals surface area (Å²) in [6, 6.07) is 3.09. The molecule has 0 fully saturated rings.